The summed E-state index contributed by atoms with van der Waals surface area (Å²) >= 11 is 0. The Balaban J connectivity index is 1.73. The van der Waals surface area contributed by atoms with Crippen LogP contribution in [-0.4, -0.2) is 33.4 Å². The number of halogens is 1. The van der Waals surface area contributed by atoms with Crippen LogP contribution in [0.3, 0.4) is 0 Å². The van der Waals surface area contributed by atoms with Crippen LogP contribution in [0.25, 0.3) is 11.0 Å². The Morgan fingerprint density at radius 2 is 1.85 bits per heavy atom. The van der Waals surface area contributed by atoms with Crippen molar-refractivity contribution in [2.75, 3.05) is 11.4 Å². The van der Waals surface area contributed by atoms with E-state index in [0.717, 1.165) is 11.3 Å². The molecule has 0 saturated carbocycles. The van der Waals surface area contributed by atoms with Crippen LogP contribution in [0.4, 0.5) is 10.1 Å². The van der Waals surface area contributed by atoms with Crippen LogP contribution in [0.1, 0.15) is 32.1 Å². The number of aromatic nitrogens is 3. The number of anilines is 1. The second-order valence-electron chi connectivity index (χ2n) is 8.34. The molecule has 4 rings (SSSR count). The third-order valence-corrected chi connectivity index (χ3v) is 5.43. The highest BCUT2D eigenvalue weighted by atomic mass is 19.1. The molecule has 0 bridgehead atoms. The summed E-state index contributed by atoms with van der Waals surface area (Å²) in [5, 5.41) is 11.0. The minimum absolute atomic E-state index is 0.0302. The molecule has 0 aliphatic heterocycles. The molecule has 0 saturated heterocycles. The second-order valence-corrected chi connectivity index (χ2v) is 8.34. The van der Waals surface area contributed by atoms with Crippen LogP contribution in [-0.2, 0) is 16.1 Å². The Bertz CT molecular complexity index is 1270. The quantitative estimate of drug-likeness (QED) is 0.403. The van der Waals surface area contributed by atoms with Crippen LogP contribution in [0.15, 0.2) is 71.3 Å². The van der Waals surface area contributed by atoms with Gasteiger partial charge < -0.3 is 9.73 Å². The van der Waals surface area contributed by atoms with E-state index in [9.17, 15) is 14.0 Å². The summed E-state index contributed by atoms with van der Waals surface area (Å²) in [6.07, 6.45) is 2.17. The number of benzene rings is 2. The molecule has 0 aliphatic carbocycles. The van der Waals surface area contributed by atoms with E-state index in [-0.39, 0.29) is 18.0 Å². The first-order valence-electron chi connectivity index (χ1n) is 11.1. The Kier molecular flexibility index (Phi) is 7.01. The summed E-state index contributed by atoms with van der Waals surface area (Å²) in [5.74, 6) is -1.03. The zero-order chi connectivity index (χ0) is 24.1. The van der Waals surface area contributed by atoms with E-state index in [0.29, 0.717) is 23.5 Å². The third kappa shape index (κ3) is 4.98. The van der Waals surface area contributed by atoms with Crippen molar-refractivity contribution >= 4 is 28.5 Å². The van der Waals surface area contributed by atoms with Crippen LogP contribution in [0, 0.1) is 11.7 Å². The molecule has 9 heteroatoms. The van der Waals surface area contributed by atoms with Crippen molar-refractivity contribution in [3.8, 4) is 0 Å². The van der Waals surface area contributed by atoms with Gasteiger partial charge in [0.2, 0.25) is 5.91 Å². The molecule has 1 atom stereocenters. The highest BCUT2D eigenvalue weighted by Crippen LogP contribution is 2.31. The van der Waals surface area contributed by atoms with E-state index in [4.69, 9.17) is 4.42 Å². The number of hydrogen-bond donors (Lipinski definition) is 1. The number of amides is 2. The van der Waals surface area contributed by atoms with E-state index in [1.165, 1.54) is 29.1 Å². The lowest BCUT2D eigenvalue weighted by Crippen LogP contribution is -2.45. The number of nitrogens with one attached hydrogen (secondary N) is 1. The maximum absolute atomic E-state index is 15.0. The van der Waals surface area contributed by atoms with Gasteiger partial charge in [0.05, 0.1) is 17.5 Å². The Morgan fingerprint density at radius 3 is 2.59 bits per heavy atom. The number of rotatable bonds is 9. The van der Waals surface area contributed by atoms with Gasteiger partial charge in [0, 0.05) is 6.54 Å². The Hall–Kier alpha value is -4.01. The van der Waals surface area contributed by atoms with Gasteiger partial charge in [0.25, 0.3) is 5.91 Å². The minimum Gasteiger partial charge on any atom is -0.467 e. The largest absolute Gasteiger partial charge is 0.467 e. The molecule has 0 fully saturated rings. The van der Waals surface area contributed by atoms with Crippen LogP contribution in [0.2, 0.25) is 0 Å². The molecule has 4 aromatic rings. The van der Waals surface area contributed by atoms with Crippen LogP contribution < -0.4 is 10.2 Å². The molecule has 2 aromatic heterocycles. The fourth-order valence-electron chi connectivity index (χ4n) is 3.70. The molecule has 0 aliphatic rings. The van der Waals surface area contributed by atoms with Gasteiger partial charge in [-0.25, -0.2) is 9.07 Å². The highest BCUT2D eigenvalue weighted by Gasteiger charge is 2.36. The molecule has 2 heterocycles. The van der Waals surface area contributed by atoms with Crippen molar-refractivity contribution in [3.63, 3.8) is 0 Å². The van der Waals surface area contributed by atoms with Gasteiger partial charge in [-0.3, -0.25) is 14.5 Å². The van der Waals surface area contributed by atoms with Crippen molar-refractivity contribution in [3.05, 3.63) is 78.5 Å². The average Bonchev–Trinajstić information content (AvgIpc) is 3.48. The molecule has 1 N–H and O–H groups in total. The van der Waals surface area contributed by atoms with Crippen molar-refractivity contribution in [2.45, 2.75) is 32.9 Å². The van der Waals surface area contributed by atoms with Gasteiger partial charge in [-0.15, -0.1) is 5.10 Å². The summed E-state index contributed by atoms with van der Waals surface area (Å²) in [7, 11) is 0. The number of furan rings is 1. The van der Waals surface area contributed by atoms with Crippen molar-refractivity contribution < 1.29 is 18.4 Å². The first-order chi connectivity index (χ1) is 16.5. The summed E-state index contributed by atoms with van der Waals surface area (Å²) < 4.78 is 21.9. The van der Waals surface area contributed by atoms with Gasteiger partial charge in [-0.1, -0.05) is 43.3 Å². The number of hydrogen-bond acceptors (Lipinski definition) is 5. The van der Waals surface area contributed by atoms with Crippen molar-refractivity contribution in [1.29, 1.82) is 0 Å². The first kappa shape index (κ1) is 23.2. The predicted octanol–water partition coefficient (Wildman–Crippen LogP) is 4.10. The molecule has 8 nitrogen and oxygen atoms in total. The van der Waals surface area contributed by atoms with Crippen LogP contribution in [0.5, 0.6) is 0 Å². The lowest BCUT2D eigenvalue weighted by Gasteiger charge is -2.30. The van der Waals surface area contributed by atoms with Gasteiger partial charge in [0.15, 0.2) is 6.04 Å². The number of carbonyl (C=O) groups excluding carboxylic acids is 2. The third-order valence-electron chi connectivity index (χ3n) is 5.43. The zero-order valence-electron chi connectivity index (χ0n) is 19.0. The molecule has 2 amide bonds. The van der Waals surface area contributed by atoms with Gasteiger partial charge in [-0.05, 0) is 48.7 Å². The van der Waals surface area contributed by atoms with E-state index in [1.54, 1.807) is 30.3 Å². The standard InChI is InChI=1S/C25H26FN5O3/c1-17(2)13-14-27-25(33)24(22-12-7-15-34-22)31(20-10-5-3-8-18(20)26)23(32)16-30-21-11-6-4-9-19(21)28-29-30/h3-12,15,17,24H,13-14,16H2,1-2H3,(H,27,33). The fourth-order valence-corrected chi connectivity index (χ4v) is 3.70. The SMILES string of the molecule is CC(C)CCNC(=O)C(c1ccco1)N(C(=O)Cn1nnc2ccccc21)c1ccccc1F. The fraction of sp³-hybridized carbons (Fsp3) is 0.280. The maximum Gasteiger partial charge on any atom is 0.251 e. The summed E-state index contributed by atoms with van der Waals surface area (Å²) in [6, 6.07) is 15.1. The van der Waals surface area contributed by atoms with Gasteiger partial charge >= 0.3 is 0 Å². The number of nitrogens with zero attached hydrogens (tertiary/aromatic N) is 4. The smallest absolute Gasteiger partial charge is 0.251 e. The molecular weight excluding hydrogens is 437 g/mol. The summed E-state index contributed by atoms with van der Waals surface area (Å²) in [4.78, 5) is 28.2. The van der Waals surface area contributed by atoms with E-state index >= 15 is 0 Å². The Morgan fingerprint density at radius 1 is 1.09 bits per heavy atom. The average molecular weight is 464 g/mol. The predicted molar refractivity (Wildman–Crippen MR) is 125 cm³/mol. The zero-order valence-corrected chi connectivity index (χ0v) is 19.0. The molecule has 0 radical (unpaired) electrons. The minimum atomic E-state index is -1.21. The normalized spacial score (nSPS) is 12.1. The first-order valence-corrected chi connectivity index (χ1v) is 11.1. The van der Waals surface area contributed by atoms with Crippen molar-refractivity contribution in [2.24, 2.45) is 5.92 Å². The number of para-hydroxylation sites is 2. The molecule has 1 unspecified atom stereocenters. The molecular formula is C25H26FN5O3. The topological polar surface area (TPSA) is 93.3 Å². The monoisotopic (exact) mass is 463 g/mol. The van der Waals surface area contributed by atoms with E-state index < -0.39 is 23.7 Å². The van der Waals surface area contributed by atoms with Gasteiger partial charge in [0.1, 0.15) is 23.6 Å². The summed E-state index contributed by atoms with van der Waals surface area (Å²) in [6.45, 7) is 4.27. The highest BCUT2D eigenvalue weighted by molar-refractivity contribution is 6.01. The maximum atomic E-state index is 15.0. The number of carbonyl (C=O) groups is 2. The van der Waals surface area contributed by atoms with E-state index in [1.807, 2.05) is 26.0 Å². The molecule has 34 heavy (non-hydrogen) atoms. The Labute approximate surface area is 196 Å². The summed E-state index contributed by atoms with van der Waals surface area (Å²) in [5.41, 5.74) is 1.25. The van der Waals surface area contributed by atoms with Crippen LogP contribution >= 0.6 is 0 Å². The van der Waals surface area contributed by atoms with Gasteiger partial charge in [-0.2, -0.15) is 0 Å². The second kappa shape index (κ2) is 10.3. The molecule has 2 aromatic carbocycles. The molecule has 0 spiro atoms. The molecule has 176 valence electrons. The van der Waals surface area contributed by atoms with Crippen molar-refractivity contribution in [1.82, 2.24) is 20.3 Å². The lowest BCUT2D eigenvalue weighted by atomic mass is 10.1. The number of fused-ring (bicyclic) bond motifs is 1. The lowest BCUT2D eigenvalue weighted by molar-refractivity contribution is -0.127. The van der Waals surface area contributed by atoms with E-state index in [2.05, 4.69) is 15.6 Å².